The summed E-state index contributed by atoms with van der Waals surface area (Å²) in [4.78, 5) is 4.44. The van der Waals surface area contributed by atoms with Crippen molar-refractivity contribution in [3.05, 3.63) is 59.8 Å². The summed E-state index contributed by atoms with van der Waals surface area (Å²) in [5.41, 5.74) is 2.76. The lowest BCUT2D eigenvalue weighted by molar-refractivity contribution is 0.567. The summed E-state index contributed by atoms with van der Waals surface area (Å²) in [6.07, 6.45) is 2.17. The van der Waals surface area contributed by atoms with Gasteiger partial charge in [-0.15, -0.1) is 0 Å². The maximum atomic E-state index is 4.44. The second-order valence-corrected chi connectivity index (χ2v) is 5.48. The number of rotatable bonds is 1. The van der Waals surface area contributed by atoms with Crippen LogP contribution >= 0.6 is 0 Å². The van der Waals surface area contributed by atoms with Gasteiger partial charge in [-0.05, 0) is 18.6 Å². The molecule has 4 unspecified atom stereocenters. The van der Waals surface area contributed by atoms with Crippen molar-refractivity contribution in [3.8, 4) is 0 Å². The summed E-state index contributed by atoms with van der Waals surface area (Å²) in [6, 6.07) is 15.5. The summed E-state index contributed by atoms with van der Waals surface area (Å²) < 4.78 is 0. The highest BCUT2D eigenvalue weighted by Gasteiger charge is 2.47. The summed E-state index contributed by atoms with van der Waals surface area (Å²) in [5, 5.41) is 7.16. The molecule has 1 fully saturated rings. The highest BCUT2D eigenvalue weighted by Crippen LogP contribution is 2.48. The van der Waals surface area contributed by atoms with E-state index in [-0.39, 0.29) is 0 Å². The van der Waals surface area contributed by atoms with Gasteiger partial charge in [0.05, 0.1) is 6.17 Å². The Labute approximate surface area is 113 Å². The molecule has 3 heterocycles. The molecule has 0 bridgehead atoms. The summed E-state index contributed by atoms with van der Waals surface area (Å²) in [7, 11) is 0. The van der Waals surface area contributed by atoms with E-state index >= 15 is 0 Å². The van der Waals surface area contributed by atoms with Crippen molar-refractivity contribution in [2.24, 2.45) is 0 Å². The van der Waals surface area contributed by atoms with Crippen LogP contribution in [0.3, 0.4) is 0 Å². The molecule has 0 saturated carbocycles. The summed E-state index contributed by atoms with van der Waals surface area (Å²) >= 11 is 0. The lowest BCUT2D eigenvalue weighted by Gasteiger charge is -2.21. The van der Waals surface area contributed by atoms with Crippen LogP contribution in [0.4, 0.5) is 5.82 Å². The fraction of sp³-hybridized carbons (Fsp3) is 0.312. The first-order valence-electron chi connectivity index (χ1n) is 6.87. The molecule has 3 nitrogen and oxygen atoms in total. The van der Waals surface area contributed by atoms with Crippen molar-refractivity contribution in [2.75, 3.05) is 5.32 Å². The maximum Gasteiger partial charge on any atom is 0.130 e. The number of nitrogens with zero attached hydrogens (tertiary/aromatic N) is 1. The van der Waals surface area contributed by atoms with Gasteiger partial charge in [0, 0.05) is 29.6 Å². The van der Waals surface area contributed by atoms with Crippen molar-refractivity contribution in [3.63, 3.8) is 0 Å². The Balaban J connectivity index is 1.80. The van der Waals surface area contributed by atoms with Gasteiger partial charge < -0.3 is 5.32 Å². The number of hydrogen-bond donors (Lipinski definition) is 2. The van der Waals surface area contributed by atoms with Gasteiger partial charge in [-0.2, -0.15) is 0 Å². The van der Waals surface area contributed by atoms with Crippen LogP contribution in [0.1, 0.15) is 29.9 Å². The highest BCUT2D eigenvalue weighted by atomic mass is 15.2. The van der Waals surface area contributed by atoms with Crippen molar-refractivity contribution in [1.82, 2.24) is 10.3 Å². The van der Waals surface area contributed by atoms with Crippen LogP contribution in [-0.4, -0.2) is 17.2 Å². The number of fused-ring (bicyclic) bond motifs is 3. The van der Waals surface area contributed by atoms with Gasteiger partial charge in [0.2, 0.25) is 0 Å². The molecule has 1 aromatic carbocycles. The lowest BCUT2D eigenvalue weighted by Crippen LogP contribution is -2.33. The van der Waals surface area contributed by atoms with Crippen LogP contribution in [0.25, 0.3) is 0 Å². The number of anilines is 1. The van der Waals surface area contributed by atoms with Gasteiger partial charge in [0.15, 0.2) is 0 Å². The molecule has 96 valence electrons. The molecule has 0 aliphatic carbocycles. The molecule has 0 spiro atoms. The average Bonchev–Trinajstić information content (AvgIpc) is 2.94. The summed E-state index contributed by atoms with van der Waals surface area (Å²) in [5.74, 6) is 2.02. The van der Waals surface area contributed by atoms with Crippen molar-refractivity contribution >= 4 is 5.82 Å². The molecule has 1 saturated heterocycles. The normalized spacial score (nSPS) is 31.6. The molecule has 3 heteroatoms. The molecule has 4 atom stereocenters. The Hall–Kier alpha value is -1.87. The zero-order valence-corrected chi connectivity index (χ0v) is 10.9. The van der Waals surface area contributed by atoms with Gasteiger partial charge >= 0.3 is 0 Å². The average molecular weight is 251 g/mol. The van der Waals surface area contributed by atoms with Crippen molar-refractivity contribution in [1.29, 1.82) is 0 Å². The van der Waals surface area contributed by atoms with E-state index in [1.165, 1.54) is 11.1 Å². The Bertz CT molecular complexity index is 596. The van der Waals surface area contributed by atoms with E-state index in [1.54, 1.807) is 0 Å². The van der Waals surface area contributed by atoms with Gasteiger partial charge in [0.1, 0.15) is 5.82 Å². The van der Waals surface area contributed by atoms with Crippen LogP contribution in [0, 0.1) is 0 Å². The zero-order valence-electron chi connectivity index (χ0n) is 10.9. The predicted molar refractivity (Wildman–Crippen MR) is 76.2 cm³/mol. The fourth-order valence-electron chi connectivity index (χ4n) is 3.64. The minimum absolute atomic E-state index is 0.310. The number of pyridine rings is 1. The fourth-order valence-corrected chi connectivity index (χ4v) is 3.64. The first-order valence-corrected chi connectivity index (χ1v) is 6.87. The molecule has 2 aliphatic rings. The molecule has 2 aromatic rings. The third kappa shape index (κ3) is 1.58. The Morgan fingerprint density at radius 3 is 2.68 bits per heavy atom. The highest BCUT2D eigenvalue weighted by molar-refractivity contribution is 5.56. The summed E-state index contributed by atoms with van der Waals surface area (Å²) in [6.45, 7) is 2.27. The second-order valence-electron chi connectivity index (χ2n) is 5.48. The third-order valence-corrected chi connectivity index (χ3v) is 4.40. The minimum atomic E-state index is 0.310. The van der Waals surface area contributed by atoms with Crippen LogP contribution in [0.15, 0.2) is 48.7 Å². The molecule has 0 radical (unpaired) electrons. The number of hydrogen-bond acceptors (Lipinski definition) is 3. The van der Waals surface area contributed by atoms with Crippen LogP contribution in [-0.2, 0) is 0 Å². The zero-order chi connectivity index (χ0) is 12.8. The molecule has 2 aliphatic heterocycles. The maximum absolute atomic E-state index is 4.44. The Kier molecular flexibility index (Phi) is 2.35. The van der Waals surface area contributed by atoms with Crippen LogP contribution < -0.4 is 10.6 Å². The predicted octanol–water partition coefficient (Wildman–Crippen LogP) is 2.69. The van der Waals surface area contributed by atoms with E-state index in [0.717, 1.165) is 5.82 Å². The first kappa shape index (κ1) is 11.0. The lowest BCUT2D eigenvalue weighted by atomic mass is 9.81. The molecule has 4 rings (SSSR count). The molecular formula is C16H17N3. The molecular weight excluding hydrogens is 234 g/mol. The third-order valence-electron chi connectivity index (χ3n) is 4.40. The Morgan fingerprint density at radius 2 is 1.84 bits per heavy atom. The van der Waals surface area contributed by atoms with E-state index in [2.05, 4.69) is 58.9 Å². The van der Waals surface area contributed by atoms with E-state index in [4.69, 9.17) is 0 Å². The van der Waals surface area contributed by atoms with E-state index < -0.39 is 0 Å². The van der Waals surface area contributed by atoms with E-state index in [0.29, 0.717) is 24.0 Å². The van der Waals surface area contributed by atoms with Crippen molar-refractivity contribution in [2.45, 2.75) is 31.0 Å². The van der Waals surface area contributed by atoms with Gasteiger partial charge in [-0.3, -0.25) is 5.32 Å². The molecule has 0 amide bonds. The minimum Gasteiger partial charge on any atom is -0.354 e. The molecule has 19 heavy (non-hydrogen) atoms. The standard InChI is InChI=1S/C16H17N3/c1-10-13(11-6-3-2-4-7-11)14-12-8-5-9-17-15(12)19-16(14)18-10/h2-10,13-14,16,18H,1H3,(H,17,19). The van der Waals surface area contributed by atoms with E-state index in [9.17, 15) is 0 Å². The molecule has 1 aromatic heterocycles. The second kappa shape index (κ2) is 4.07. The molecule has 2 N–H and O–H groups in total. The van der Waals surface area contributed by atoms with Crippen LogP contribution in [0.2, 0.25) is 0 Å². The van der Waals surface area contributed by atoms with Crippen LogP contribution in [0.5, 0.6) is 0 Å². The topological polar surface area (TPSA) is 37.0 Å². The SMILES string of the molecule is CC1NC2Nc3ncccc3C2C1c1ccccc1. The van der Waals surface area contributed by atoms with Gasteiger partial charge in [0.25, 0.3) is 0 Å². The number of aromatic nitrogens is 1. The van der Waals surface area contributed by atoms with Gasteiger partial charge in [-0.25, -0.2) is 4.98 Å². The van der Waals surface area contributed by atoms with E-state index in [1.807, 2.05) is 12.3 Å². The smallest absolute Gasteiger partial charge is 0.130 e. The monoisotopic (exact) mass is 251 g/mol. The number of nitrogens with one attached hydrogen (secondary N) is 2. The number of benzene rings is 1. The Morgan fingerprint density at radius 1 is 1.00 bits per heavy atom. The van der Waals surface area contributed by atoms with Crippen molar-refractivity contribution < 1.29 is 0 Å². The van der Waals surface area contributed by atoms with Gasteiger partial charge in [-0.1, -0.05) is 36.4 Å². The first-order chi connectivity index (χ1) is 9.34. The quantitative estimate of drug-likeness (QED) is 0.818. The largest absolute Gasteiger partial charge is 0.354 e.